The van der Waals surface area contributed by atoms with Gasteiger partial charge in [-0.15, -0.1) is 11.3 Å². The summed E-state index contributed by atoms with van der Waals surface area (Å²) in [4.78, 5) is 5.38. The Morgan fingerprint density at radius 2 is 2.17 bits per heavy atom. The van der Waals surface area contributed by atoms with Crippen molar-refractivity contribution < 1.29 is 0 Å². The van der Waals surface area contributed by atoms with Crippen LogP contribution in [0.25, 0.3) is 0 Å². The molecule has 2 rings (SSSR count). The summed E-state index contributed by atoms with van der Waals surface area (Å²) in [6.45, 7) is 10.3. The fourth-order valence-corrected chi connectivity index (χ4v) is 3.47. The molecule has 0 radical (unpaired) electrons. The van der Waals surface area contributed by atoms with Crippen molar-refractivity contribution in [2.24, 2.45) is 0 Å². The van der Waals surface area contributed by atoms with E-state index in [1.807, 2.05) is 11.3 Å². The van der Waals surface area contributed by atoms with Crippen LogP contribution in [0.1, 0.15) is 43.4 Å². The highest BCUT2D eigenvalue weighted by atomic mass is 32.1. The summed E-state index contributed by atoms with van der Waals surface area (Å²) in [6, 6.07) is 5.24. The summed E-state index contributed by atoms with van der Waals surface area (Å²) in [5.74, 6) is 0. The minimum atomic E-state index is 0.286. The smallest absolute Gasteiger partial charge is 0.0302 e. The molecule has 0 aliphatic carbocycles. The average Bonchev–Trinajstić information content (AvgIpc) is 2.74. The highest BCUT2D eigenvalue weighted by molar-refractivity contribution is 7.12. The molecule has 1 aromatic heterocycles. The molecule has 1 aromatic rings. The molecule has 3 heteroatoms. The summed E-state index contributed by atoms with van der Waals surface area (Å²) in [5.41, 5.74) is 0.286. The third-order valence-corrected chi connectivity index (χ3v) is 5.10. The first-order valence-electron chi connectivity index (χ1n) is 6.96. The van der Waals surface area contributed by atoms with Crippen molar-refractivity contribution in [1.29, 1.82) is 0 Å². The van der Waals surface area contributed by atoms with Gasteiger partial charge in [0.25, 0.3) is 0 Å². The van der Waals surface area contributed by atoms with Crippen LogP contribution in [0.4, 0.5) is 0 Å². The molecule has 1 fully saturated rings. The topological polar surface area (TPSA) is 15.3 Å². The average molecular weight is 266 g/mol. The normalized spacial score (nSPS) is 22.3. The van der Waals surface area contributed by atoms with Crippen LogP contribution in [0.3, 0.4) is 0 Å². The van der Waals surface area contributed by atoms with Gasteiger partial charge in [-0.3, -0.25) is 0 Å². The summed E-state index contributed by atoms with van der Waals surface area (Å²) >= 11 is 1.95. The lowest BCUT2D eigenvalue weighted by molar-refractivity contribution is 0.227. The van der Waals surface area contributed by atoms with E-state index in [0.29, 0.717) is 6.04 Å². The van der Waals surface area contributed by atoms with Crippen LogP contribution in [-0.4, -0.2) is 31.1 Å². The van der Waals surface area contributed by atoms with Crippen LogP contribution in [0.15, 0.2) is 12.1 Å². The first-order valence-corrected chi connectivity index (χ1v) is 7.78. The Hall–Kier alpha value is -0.380. The van der Waals surface area contributed by atoms with Gasteiger partial charge in [0.2, 0.25) is 0 Å². The maximum absolute atomic E-state index is 3.70. The first-order chi connectivity index (χ1) is 8.45. The Balaban J connectivity index is 1.85. The van der Waals surface area contributed by atoms with E-state index in [2.05, 4.69) is 50.2 Å². The second-order valence-corrected chi connectivity index (χ2v) is 7.67. The molecular formula is C15H26N2S. The van der Waals surface area contributed by atoms with Gasteiger partial charge in [-0.25, -0.2) is 0 Å². The van der Waals surface area contributed by atoms with Crippen molar-refractivity contribution in [1.82, 2.24) is 10.2 Å². The fourth-order valence-electron chi connectivity index (χ4n) is 2.45. The van der Waals surface area contributed by atoms with E-state index in [1.165, 1.54) is 35.7 Å². The van der Waals surface area contributed by atoms with Gasteiger partial charge < -0.3 is 10.2 Å². The molecule has 1 unspecified atom stereocenters. The number of likely N-dealkylation sites (tertiary alicyclic amines) is 1. The standard InChI is InChI=1S/C15H26N2S/c1-15(2,3)14-8-7-13(18-14)10-16-12-6-5-9-17(4)11-12/h7-8,12,16H,5-6,9-11H2,1-4H3. The van der Waals surface area contributed by atoms with Crippen LogP contribution < -0.4 is 5.32 Å². The summed E-state index contributed by atoms with van der Waals surface area (Å²) in [5, 5.41) is 3.70. The zero-order valence-electron chi connectivity index (χ0n) is 12.1. The third kappa shape index (κ3) is 3.81. The number of nitrogens with zero attached hydrogens (tertiary/aromatic N) is 1. The molecule has 1 atom stereocenters. The molecule has 1 saturated heterocycles. The lowest BCUT2D eigenvalue weighted by atomic mass is 9.95. The molecule has 0 aromatic carbocycles. The third-order valence-electron chi connectivity index (χ3n) is 3.59. The molecule has 2 nitrogen and oxygen atoms in total. The van der Waals surface area contributed by atoms with E-state index in [9.17, 15) is 0 Å². The lowest BCUT2D eigenvalue weighted by Gasteiger charge is -2.30. The molecule has 1 aliphatic rings. The zero-order valence-corrected chi connectivity index (χ0v) is 12.9. The summed E-state index contributed by atoms with van der Waals surface area (Å²) < 4.78 is 0. The van der Waals surface area contributed by atoms with Crippen molar-refractivity contribution in [3.05, 3.63) is 21.9 Å². The minimum absolute atomic E-state index is 0.286. The predicted molar refractivity (Wildman–Crippen MR) is 80.4 cm³/mol. The van der Waals surface area contributed by atoms with Crippen LogP contribution in [-0.2, 0) is 12.0 Å². The maximum atomic E-state index is 3.70. The van der Waals surface area contributed by atoms with Gasteiger partial charge in [0.15, 0.2) is 0 Å². The largest absolute Gasteiger partial charge is 0.308 e. The Labute approximate surface area is 115 Å². The quantitative estimate of drug-likeness (QED) is 0.903. The van der Waals surface area contributed by atoms with Gasteiger partial charge in [-0.1, -0.05) is 20.8 Å². The SMILES string of the molecule is CN1CCCC(NCc2ccc(C(C)(C)C)s2)C1. The van der Waals surface area contributed by atoms with Crippen LogP contribution >= 0.6 is 11.3 Å². The summed E-state index contributed by atoms with van der Waals surface area (Å²) in [7, 11) is 2.22. The molecule has 0 amide bonds. The zero-order chi connectivity index (χ0) is 13.2. The van der Waals surface area contributed by atoms with E-state index in [0.717, 1.165) is 6.54 Å². The number of likely N-dealkylation sites (N-methyl/N-ethyl adjacent to an activating group) is 1. The number of hydrogen-bond acceptors (Lipinski definition) is 3. The number of hydrogen-bond donors (Lipinski definition) is 1. The Morgan fingerprint density at radius 3 is 2.78 bits per heavy atom. The second-order valence-electron chi connectivity index (χ2n) is 6.50. The van der Waals surface area contributed by atoms with Gasteiger partial charge in [-0.2, -0.15) is 0 Å². The number of thiophene rings is 1. The van der Waals surface area contributed by atoms with E-state index in [-0.39, 0.29) is 5.41 Å². The van der Waals surface area contributed by atoms with E-state index in [4.69, 9.17) is 0 Å². The first kappa shape index (κ1) is 14.0. The van der Waals surface area contributed by atoms with Gasteiger partial charge in [0, 0.05) is 28.9 Å². The highest BCUT2D eigenvalue weighted by Crippen LogP contribution is 2.29. The second kappa shape index (κ2) is 5.72. The van der Waals surface area contributed by atoms with Crippen molar-refractivity contribution in [3.8, 4) is 0 Å². The predicted octanol–water partition coefficient (Wildman–Crippen LogP) is 3.23. The van der Waals surface area contributed by atoms with E-state index >= 15 is 0 Å². The van der Waals surface area contributed by atoms with Gasteiger partial charge in [-0.05, 0) is 44.0 Å². The summed E-state index contributed by atoms with van der Waals surface area (Å²) in [6.07, 6.45) is 2.65. The van der Waals surface area contributed by atoms with Crippen molar-refractivity contribution in [3.63, 3.8) is 0 Å². The van der Waals surface area contributed by atoms with Gasteiger partial charge in [0.05, 0.1) is 0 Å². The molecule has 18 heavy (non-hydrogen) atoms. The van der Waals surface area contributed by atoms with Crippen molar-refractivity contribution >= 4 is 11.3 Å². The lowest BCUT2D eigenvalue weighted by Crippen LogP contribution is -2.43. The molecule has 2 heterocycles. The molecule has 0 spiro atoms. The Kier molecular flexibility index (Phi) is 4.46. The number of rotatable bonds is 3. The Bertz CT molecular complexity index is 378. The molecule has 0 saturated carbocycles. The molecule has 0 bridgehead atoms. The van der Waals surface area contributed by atoms with Crippen LogP contribution in [0.2, 0.25) is 0 Å². The van der Waals surface area contributed by atoms with Crippen LogP contribution in [0.5, 0.6) is 0 Å². The molecule has 102 valence electrons. The van der Waals surface area contributed by atoms with E-state index in [1.54, 1.807) is 0 Å². The maximum Gasteiger partial charge on any atom is 0.0302 e. The fraction of sp³-hybridized carbons (Fsp3) is 0.733. The number of nitrogens with one attached hydrogen (secondary N) is 1. The highest BCUT2D eigenvalue weighted by Gasteiger charge is 2.18. The van der Waals surface area contributed by atoms with E-state index < -0.39 is 0 Å². The number of piperidine rings is 1. The Morgan fingerprint density at radius 1 is 1.39 bits per heavy atom. The molecule has 1 aliphatic heterocycles. The molecular weight excluding hydrogens is 240 g/mol. The molecule has 1 N–H and O–H groups in total. The monoisotopic (exact) mass is 266 g/mol. The van der Waals surface area contributed by atoms with Gasteiger partial charge in [0.1, 0.15) is 0 Å². The van der Waals surface area contributed by atoms with Crippen LogP contribution in [0, 0.1) is 0 Å². The minimum Gasteiger partial charge on any atom is -0.308 e. The van der Waals surface area contributed by atoms with Gasteiger partial charge >= 0.3 is 0 Å². The van der Waals surface area contributed by atoms with Crippen molar-refractivity contribution in [2.75, 3.05) is 20.1 Å². The van der Waals surface area contributed by atoms with Crippen molar-refractivity contribution in [2.45, 2.75) is 51.6 Å².